The van der Waals surface area contributed by atoms with Crippen LogP contribution in [0.2, 0.25) is 0 Å². The second-order valence-corrected chi connectivity index (χ2v) is 7.75. The summed E-state index contributed by atoms with van der Waals surface area (Å²) >= 11 is 0. The molecule has 6 heteroatoms. The molecule has 0 spiro atoms. The molecule has 2 aliphatic rings. The molecule has 1 amide bonds. The molecule has 0 atom stereocenters. The summed E-state index contributed by atoms with van der Waals surface area (Å²) < 4.78 is 26.6. The summed E-state index contributed by atoms with van der Waals surface area (Å²) in [7, 11) is -3.54. The first-order valence-electron chi connectivity index (χ1n) is 7.72. The number of anilines is 1. The first kappa shape index (κ1) is 15.0. The fourth-order valence-electron chi connectivity index (χ4n) is 3.27. The van der Waals surface area contributed by atoms with Crippen molar-refractivity contribution >= 4 is 27.3 Å². The van der Waals surface area contributed by atoms with Crippen LogP contribution in [0, 0.1) is 6.92 Å². The van der Waals surface area contributed by atoms with Crippen LogP contribution in [0.5, 0.6) is 0 Å². The van der Waals surface area contributed by atoms with E-state index in [1.54, 1.807) is 24.3 Å². The third-order valence-electron chi connectivity index (χ3n) is 4.48. The Bertz CT molecular complexity index is 993. The van der Waals surface area contributed by atoms with E-state index in [2.05, 4.69) is 5.32 Å². The molecule has 4 rings (SSSR count). The van der Waals surface area contributed by atoms with Crippen molar-refractivity contribution in [1.29, 1.82) is 0 Å². The van der Waals surface area contributed by atoms with Crippen LogP contribution in [-0.4, -0.2) is 25.2 Å². The maximum absolute atomic E-state index is 12.7. The molecule has 2 heterocycles. The van der Waals surface area contributed by atoms with E-state index in [9.17, 15) is 13.2 Å². The molecular formula is C18H16N2O3S. The number of carbonyl (C=O) groups is 1. The molecule has 0 saturated carbocycles. The quantitative estimate of drug-likeness (QED) is 0.914. The van der Waals surface area contributed by atoms with Crippen molar-refractivity contribution in [1.82, 2.24) is 4.31 Å². The molecule has 0 aromatic heterocycles. The van der Waals surface area contributed by atoms with Gasteiger partial charge in [-0.25, -0.2) is 8.42 Å². The van der Waals surface area contributed by atoms with Crippen molar-refractivity contribution in [2.24, 2.45) is 0 Å². The summed E-state index contributed by atoms with van der Waals surface area (Å²) in [4.78, 5) is 13.0. The largest absolute Gasteiger partial charge is 0.322 e. The maximum Gasteiger partial charge on any atom is 0.265 e. The number of carbonyl (C=O) groups excluding carboxylic acids is 1. The van der Waals surface area contributed by atoms with Gasteiger partial charge in [0.05, 0.1) is 10.6 Å². The Morgan fingerprint density at radius 1 is 1.08 bits per heavy atom. The zero-order valence-corrected chi connectivity index (χ0v) is 13.9. The minimum Gasteiger partial charge on any atom is -0.322 e. The van der Waals surface area contributed by atoms with E-state index in [0.717, 1.165) is 11.3 Å². The third kappa shape index (κ3) is 2.06. The van der Waals surface area contributed by atoms with Crippen LogP contribution >= 0.6 is 0 Å². The molecule has 1 N–H and O–H groups in total. The number of fused-ring (bicyclic) bond motifs is 3. The van der Waals surface area contributed by atoms with Crippen molar-refractivity contribution in [3.05, 3.63) is 65.2 Å². The first-order valence-corrected chi connectivity index (χ1v) is 9.16. The number of rotatable bonds is 2. The zero-order chi connectivity index (χ0) is 16.9. The SMILES string of the molecule is Cc1ccccc1NC(=O)C1=C2c3ccccc3S(=O)(=O)N2CC1. The minimum absolute atomic E-state index is 0.242. The van der Waals surface area contributed by atoms with Crippen LogP contribution in [0.3, 0.4) is 0 Å². The number of sulfonamides is 1. The van der Waals surface area contributed by atoms with Crippen molar-refractivity contribution in [2.45, 2.75) is 18.2 Å². The van der Waals surface area contributed by atoms with E-state index < -0.39 is 10.0 Å². The molecule has 0 fully saturated rings. The van der Waals surface area contributed by atoms with Crippen molar-refractivity contribution in [2.75, 3.05) is 11.9 Å². The Balaban J connectivity index is 1.79. The van der Waals surface area contributed by atoms with E-state index in [1.807, 2.05) is 31.2 Å². The number of amides is 1. The van der Waals surface area contributed by atoms with Crippen molar-refractivity contribution in [3.63, 3.8) is 0 Å². The molecule has 5 nitrogen and oxygen atoms in total. The number of aryl methyl sites for hydroxylation is 1. The van der Waals surface area contributed by atoms with Gasteiger partial charge in [-0.1, -0.05) is 36.4 Å². The Morgan fingerprint density at radius 2 is 1.79 bits per heavy atom. The lowest BCUT2D eigenvalue weighted by Crippen LogP contribution is -2.21. The molecule has 2 aromatic carbocycles. The van der Waals surface area contributed by atoms with Crippen molar-refractivity contribution in [3.8, 4) is 0 Å². The highest BCUT2D eigenvalue weighted by atomic mass is 32.2. The van der Waals surface area contributed by atoms with Crippen LogP contribution in [-0.2, 0) is 14.8 Å². The van der Waals surface area contributed by atoms with Gasteiger partial charge in [-0.05, 0) is 31.0 Å². The van der Waals surface area contributed by atoms with E-state index >= 15 is 0 Å². The standard InChI is InChI=1S/C18H16N2O3S/c1-12-6-2-4-8-15(12)19-18(21)14-10-11-20-17(14)13-7-3-5-9-16(13)24(20,22)23/h2-9H,10-11H2,1H3,(H,19,21). The average Bonchev–Trinajstić information content (AvgIpc) is 3.10. The molecule has 2 aromatic rings. The van der Waals surface area contributed by atoms with E-state index in [1.165, 1.54) is 4.31 Å². The van der Waals surface area contributed by atoms with Crippen molar-refractivity contribution < 1.29 is 13.2 Å². The van der Waals surface area contributed by atoms with E-state index in [0.29, 0.717) is 29.8 Å². The second-order valence-electron chi connectivity index (χ2n) is 5.92. The number of hydrogen-bond acceptors (Lipinski definition) is 3. The Labute approximate surface area is 140 Å². The van der Waals surface area contributed by atoms with Gasteiger partial charge in [0.25, 0.3) is 15.9 Å². The Kier molecular flexibility index (Phi) is 3.25. The minimum atomic E-state index is -3.54. The third-order valence-corrected chi connectivity index (χ3v) is 6.33. The predicted molar refractivity (Wildman–Crippen MR) is 91.7 cm³/mol. The molecule has 24 heavy (non-hydrogen) atoms. The van der Waals surface area contributed by atoms with Gasteiger partial charge in [0.2, 0.25) is 0 Å². The Hall–Kier alpha value is -2.60. The Morgan fingerprint density at radius 3 is 2.58 bits per heavy atom. The van der Waals surface area contributed by atoms with Gasteiger partial charge >= 0.3 is 0 Å². The molecule has 122 valence electrons. The highest BCUT2D eigenvalue weighted by molar-refractivity contribution is 7.90. The summed E-state index contributed by atoms with van der Waals surface area (Å²) in [5.74, 6) is -0.242. The molecule has 0 unspecified atom stereocenters. The number of benzene rings is 2. The van der Waals surface area contributed by atoms with Crippen LogP contribution in [0.1, 0.15) is 17.5 Å². The normalized spacial score (nSPS) is 17.6. The van der Waals surface area contributed by atoms with Gasteiger partial charge < -0.3 is 5.32 Å². The fraction of sp³-hybridized carbons (Fsp3) is 0.167. The summed E-state index contributed by atoms with van der Waals surface area (Å²) in [5.41, 5.74) is 3.36. The van der Waals surface area contributed by atoms with Crippen LogP contribution < -0.4 is 5.32 Å². The van der Waals surface area contributed by atoms with Gasteiger partial charge in [-0.3, -0.25) is 9.10 Å². The lowest BCUT2D eigenvalue weighted by atomic mass is 10.1. The van der Waals surface area contributed by atoms with Gasteiger partial charge in [0, 0.05) is 23.4 Å². The van der Waals surface area contributed by atoms with Gasteiger partial charge in [-0.15, -0.1) is 0 Å². The van der Waals surface area contributed by atoms with Gasteiger partial charge in [-0.2, -0.15) is 0 Å². The van der Waals surface area contributed by atoms with E-state index in [4.69, 9.17) is 0 Å². The summed E-state index contributed by atoms with van der Waals surface area (Å²) in [6.07, 6.45) is 0.417. The highest BCUT2D eigenvalue weighted by Crippen LogP contribution is 2.44. The molecule has 0 bridgehead atoms. The van der Waals surface area contributed by atoms with Gasteiger partial charge in [0.15, 0.2) is 0 Å². The molecule has 0 saturated heterocycles. The average molecular weight is 340 g/mol. The van der Waals surface area contributed by atoms with Crippen LogP contribution in [0.25, 0.3) is 5.70 Å². The number of para-hydroxylation sites is 1. The molecular weight excluding hydrogens is 324 g/mol. The monoisotopic (exact) mass is 340 g/mol. The molecule has 0 aliphatic carbocycles. The second kappa shape index (κ2) is 5.21. The summed E-state index contributed by atoms with van der Waals surface area (Å²) in [6, 6.07) is 14.4. The van der Waals surface area contributed by atoms with Gasteiger partial charge in [0.1, 0.15) is 0 Å². The topological polar surface area (TPSA) is 66.5 Å². The van der Waals surface area contributed by atoms with E-state index in [-0.39, 0.29) is 10.8 Å². The fourth-order valence-corrected chi connectivity index (χ4v) is 4.98. The lowest BCUT2D eigenvalue weighted by molar-refractivity contribution is -0.112. The summed E-state index contributed by atoms with van der Waals surface area (Å²) in [6.45, 7) is 2.23. The summed E-state index contributed by atoms with van der Waals surface area (Å²) in [5, 5.41) is 2.90. The van der Waals surface area contributed by atoms with Crippen LogP contribution in [0.4, 0.5) is 5.69 Å². The molecule has 2 aliphatic heterocycles. The number of hydrogen-bond donors (Lipinski definition) is 1. The lowest BCUT2D eigenvalue weighted by Gasteiger charge is -2.12. The number of nitrogens with one attached hydrogen (secondary N) is 1. The van der Waals surface area contributed by atoms with Crippen LogP contribution in [0.15, 0.2) is 59.0 Å². The zero-order valence-electron chi connectivity index (χ0n) is 13.1. The smallest absolute Gasteiger partial charge is 0.265 e. The highest BCUT2D eigenvalue weighted by Gasteiger charge is 2.43. The predicted octanol–water partition coefficient (Wildman–Crippen LogP) is 2.75. The first-order chi connectivity index (χ1) is 11.5. The maximum atomic E-state index is 12.7. The molecule has 0 radical (unpaired) electrons. The number of nitrogens with zero attached hydrogens (tertiary/aromatic N) is 1.